The summed E-state index contributed by atoms with van der Waals surface area (Å²) >= 11 is 0. The maximum atomic E-state index is 12.8. The second kappa shape index (κ2) is 8.38. The lowest BCUT2D eigenvalue weighted by atomic mass is 10.1. The van der Waals surface area contributed by atoms with Gasteiger partial charge in [0.25, 0.3) is 5.91 Å². The molecule has 26 heavy (non-hydrogen) atoms. The van der Waals surface area contributed by atoms with E-state index in [0.29, 0.717) is 28.4 Å². The smallest absolute Gasteiger partial charge is 0.259 e. The minimum absolute atomic E-state index is 0.0847. The Morgan fingerprint density at radius 2 is 1.77 bits per heavy atom. The summed E-state index contributed by atoms with van der Waals surface area (Å²) in [6, 6.07) is 10.4. The Hall–Kier alpha value is -3.02. The maximum Gasteiger partial charge on any atom is 0.259 e. The summed E-state index contributed by atoms with van der Waals surface area (Å²) in [4.78, 5) is 24.0. The number of hydrogen-bond acceptors (Lipinski definition) is 4. The van der Waals surface area contributed by atoms with Crippen LogP contribution in [0.2, 0.25) is 0 Å². The summed E-state index contributed by atoms with van der Waals surface area (Å²) in [5.74, 6) is 0.592. The van der Waals surface area contributed by atoms with E-state index in [0.717, 1.165) is 5.56 Å². The number of nitrogens with one attached hydrogen (secondary N) is 2. The van der Waals surface area contributed by atoms with Crippen molar-refractivity contribution >= 4 is 23.2 Å². The highest BCUT2D eigenvalue weighted by atomic mass is 16.5. The molecule has 0 saturated heterocycles. The topological polar surface area (TPSA) is 76.7 Å². The first-order valence-corrected chi connectivity index (χ1v) is 8.34. The molecule has 0 spiro atoms. The number of carbonyl (C=O) groups excluding carboxylic acids is 2. The van der Waals surface area contributed by atoms with Crippen LogP contribution in [0, 0.1) is 6.92 Å². The van der Waals surface area contributed by atoms with E-state index in [1.165, 1.54) is 6.92 Å². The van der Waals surface area contributed by atoms with Crippen molar-refractivity contribution in [1.29, 1.82) is 0 Å². The predicted molar refractivity (Wildman–Crippen MR) is 102 cm³/mol. The van der Waals surface area contributed by atoms with E-state index in [9.17, 15) is 9.59 Å². The molecular weight excluding hydrogens is 332 g/mol. The van der Waals surface area contributed by atoms with Gasteiger partial charge in [-0.3, -0.25) is 9.59 Å². The van der Waals surface area contributed by atoms with Crippen molar-refractivity contribution in [3.05, 3.63) is 47.5 Å². The molecule has 0 aliphatic heterocycles. The standard InChI is InChI=1S/C20H24N2O4/c1-12(2)26-19-11-16(25-5)8-9-17(19)20(24)22-18-10-15(21-14(4)23)7-6-13(18)3/h6-12H,1-5H3,(H,21,23)(H,22,24). The highest BCUT2D eigenvalue weighted by molar-refractivity contribution is 6.07. The molecule has 0 heterocycles. The van der Waals surface area contributed by atoms with Gasteiger partial charge in [0.1, 0.15) is 11.5 Å². The lowest BCUT2D eigenvalue weighted by Gasteiger charge is -2.16. The molecule has 2 N–H and O–H groups in total. The maximum absolute atomic E-state index is 12.8. The molecule has 138 valence electrons. The molecule has 0 fully saturated rings. The number of benzene rings is 2. The number of methoxy groups -OCH3 is 1. The zero-order chi connectivity index (χ0) is 19.3. The van der Waals surface area contributed by atoms with Crippen LogP contribution in [0.3, 0.4) is 0 Å². The molecule has 0 bridgehead atoms. The second-order valence-electron chi connectivity index (χ2n) is 6.19. The Bertz CT molecular complexity index is 815. The Morgan fingerprint density at radius 1 is 1.04 bits per heavy atom. The van der Waals surface area contributed by atoms with Crippen molar-refractivity contribution in [2.45, 2.75) is 33.8 Å². The molecule has 2 aromatic carbocycles. The number of ether oxygens (including phenoxy) is 2. The van der Waals surface area contributed by atoms with Gasteiger partial charge < -0.3 is 20.1 Å². The Balaban J connectivity index is 2.31. The van der Waals surface area contributed by atoms with Crippen LogP contribution in [-0.2, 0) is 4.79 Å². The number of carbonyl (C=O) groups is 2. The van der Waals surface area contributed by atoms with E-state index in [1.807, 2.05) is 26.8 Å². The number of aryl methyl sites for hydroxylation is 1. The minimum atomic E-state index is -0.300. The highest BCUT2D eigenvalue weighted by Crippen LogP contribution is 2.28. The van der Waals surface area contributed by atoms with Gasteiger partial charge in [0, 0.05) is 24.4 Å². The van der Waals surface area contributed by atoms with Gasteiger partial charge in [-0.1, -0.05) is 6.07 Å². The van der Waals surface area contributed by atoms with Crippen LogP contribution in [0.25, 0.3) is 0 Å². The summed E-state index contributed by atoms with van der Waals surface area (Å²) < 4.78 is 11.0. The molecule has 0 saturated carbocycles. The van der Waals surface area contributed by atoms with Gasteiger partial charge >= 0.3 is 0 Å². The fourth-order valence-corrected chi connectivity index (χ4v) is 2.40. The van der Waals surface area contributed by atoms with Crippen molar-refractivity contribution in [2.24, 2.45) is 0 Å². The summed E-state index contributed by atoms with van der Waals surface area (Å²) in [6.45, 7) is 7.10. The molecule has 0 aliphatic carbocycles. The number of rotatable bonds is 6. The number of amides is 2. The van der Waals surface area contributed by atoms with Crippen LogP contribution in [-0.4, -0.2) is 25.0 Å². The van der Waals surface area contributed by atoms with E-state index in [1.54, 1.807) is 37.4 Å². The lowest BCUT2D eigenvalue weighted by molar-refractivity contribution is -0.114. The van der Waals surface area contributed by atoms with E-state index in [-0.39, 0.29) is 17.9 Å². The number of anilines is 2. The normalized spacial score (nSPS) is 10.4. The Morgan fingerprint density at radius 3 is 2.38 bits per heavy atom. The molecule has 2 aromatic rings. The first-order chi connectivity index (χ1) is 12.3. The first-order valence-electron chi connectivity index (χ1n) is 8.34. The number of hydrogen-bond donors (Lipinski definition) is 2. The van der Waals surface area contributed by atoms with Crippen LogP contribution < -0.4 is 20.1 Å². The predicted octanol–water partition coefficient (Wildman–Crippen LogP) is 4.00. The monoisotopic (exact) mass is 356 g/mol. The van der Waals surface area contributed by atoms with Crippen LogP contribution in [0.15, 0.2) is 36.4 Å². The van der Waals surface area contributed by atoms with Gasteiger partial charge in [-0.05, 0) is 50.6 Å². The van der Waals surface area contributed by atoms with Crippen LogP contribution in [0.1, 0.15) is 36.7 Å². The van der Waals surface area contributed by atoms with Crippen molar-refractivity contribution in [2.75, 3.05) is 17.7 Å². The van der Waals surface area contributed by atoms with Crippen molar-refractivity contribution in [1.82, 2.24) is 0 Å². The van der Waals surface area contributed by atoms with Crippen molar-refractivity contribution < 1.29 is 19.1 Å². The van der Waals surface area contributed by atoms with E-state index in [4.69, 9.17) is 9.47 Å². The summed E-state index contributed by atoms with van der Waals surface area (Å²) in [5, 5.41) is 5.59. The van der Waals surface area contributed by atoms with Gasteiger partial charge in [-0.15, -0.1) is 0 Å². The average Bonchev–Trinajstić information content (AvgIpc) is 2.56. The fourth-order valence-electron chi connectivity index (χ4n) is 2.40. The van der Waals surface area contributed by atoms with Crippen molar-refractivity contribution in [3.8, 4) is 11.5 Å². The van der Waals surface area contributed by atoms with Gasteiger partial charge in [-0.2, -0.15) is 0 Å². The van der Waals surface area contributed by atoms with Gasteiger partial charge in [0.05, 0.1) is 18.8 Å². The highest BCUT2D eigenvalue weighted by Gasteiger charge is 2.16. The first kappa shape index (κ1) is 19.3. The third-order valence-electron chi connectivity index (χ3n) is 3.60. The zero-order valence-electron chi connectivity index (χ0n) is 15.7. The Labute approximate surface area is 153 Å². The van der Waals surface area contributed by atoms with Crippen LogP contribution in [0.5, 0.6) is 11.5 Å². The molecule has 0 aromatic heterocycles. The van der Waals surface area contributed by atoms with E-state index < -0.39 is 0 Å². The third kappa shape index (κ3) is 4.99. The zero-order valence-corrected chi connectivity index (χ0v) is 15.7. The SMILES string of the molecule is COc1ccc(C(=O)Nc2cc(NC(C)=O)ccc2C)c(OC(C)C)c1. The molecular formula is C20H24N2O4. The minimum Gasteiger partial charge on any atom is -0.497 e. The summed E-state index contributed by atoms with van der Waals surface area (Å²) in [7, 11) is 1.56. The van der Waals surface area contributed by atoms with Gasteiger partial charge in [-0.25, -0.2) is 0 Å². The van der Waals surface area contributed by atoms with Crippen molar-refractivity contribution in [3.63, 3.8) is 0 Å². The molecule has 6 heteroatoms. The largest absolute Gasteiger partial charge is 0.497 e. The van der Waals surface area contributed by atoms with E-state index >= 15 is 0 Å². The Kier molecular flexibility index (Phi) is 6.22. The summed E-state index contributed by atoms with van der Waals surface area (Å²) in [6.07, 6.45) is -0.0847. The quantitative estimate of drug-likeness (QED) is 0.820. The molecule has 6 nitrogen and oxygen atoms in total. The average molecular weight is 356 g/mol. The molecule has 0 radical (unpaired) electrons. The molecule has 0 aliphatic rings. The summed E-state index contributed by atoms with van der Waals surface area (Å²) in [5.41, 5.74) is 2.52. The molecule has 0 atom stereocenters. The molecule has 2 rings (SSSR count). The molecule has 2 amide bonds. The van der Waals surface area contributed by atoms with Gasteiger partial charge in [0.2, 0.25) is 5.91 Å². The van der Waals surface area contributed by atoms with Gasteiger partial charge in [0.15, 0.2) is 0 Å². The molecule has 0 unspecified atom stereocenters. The fraction of sp³-hybridized carbons (Fsp3) is 0.300. The second-order valence-corrected chi connectivity index (χ2v) is 6.19. The third-order valence-corrected chi connectivity index (χ3v) is 3.60. The van der Waals surface area contributed by atoms with Crippen LogP contribution >= 0.6 is 0 Å². The lowest BCUT2D eigenvalue weighted by Crippen LogP contribution is -2.16. The van der Waals surface area contributed by atoms with Crippen LogP contribution in [0.4, 0.5) is 11.4 Å². The van der Waals surface area contributed by atoms with E-state index in [2.05, 4.69) is 10.6 Å².